The summed E-state index contributed by atoms with van der Waals surface area (Å²) in [6.07, 6.45) is 1.10. The molecule has 0 aromatic heterocycles. The fraction of sp³-hybridized carbons (Fsp3) is 1.00. The Bertz CT molecular complexity index is 264. The Labute approximate surface area is 172 Å². The van der Waals surface area contributed by atoms with Gasteiger partial charge in [-0.3, -0.25) is 0 Å². The minimum atomic E-state index is 0.569. The molecule has 0 rings (SSSR count). The predicted molar refractivity (Wildman–Crippen MR) is 112 cm³/mol. The van der Waals surface area contributed by atoms with Crippen LogP contribution in [0.3, 0.4) is 0 Å². The quantitative estimate of drug-likeness (QED) is 0.261. The normalized spacial score (nSPS) is 11.8. The fourth-order valence-electron chi connectivity index (χ4n) is 2.06. The highest BCUT2D eigenvalue weighted by molar-refractivity contribution is 4.49. The topological polar surface area (TPSA) is 67.4 Å². The lowest BCUT2D eigenvalue weighted by atomic mass is 10.1. The van der Waals surface area contributed by atoms with Crippen LogP contribution in [0.15, 0.2) is 0 Å². The largest absolute Gasteiger partial charge is 0.379 e. The molecule has 1 N–H and O–H groups in total. The molecule has 0 radical (unpaired) electrons. The second-order valence-corrected chi connectivity index (χ2v) is 7.45. The average Bonchev–Trinajstić information content (AvgIpc) is 2.65. The van der Waals surface area contributed by atoms with Crippen molar-refractivity contribution >= 4 is 0 Å². The molecule has 0 bridgehead atoms. The van der Waals surface area contributed by atoms with Crippen LogP contribution >= 0.6 is 0 Å². The molecule has 170 valence electrons. The van der Waals surface area contributed by atoms with Gasteiger partial charge in [-0.25, -0.2) is 0 Å². The first-order chi connectivity index (χ1) is 13.6. The van der Waals surface area contributed by atoms with Gasteiger partial charge >= 0.3 is 0 Å². The standard InChI is InChI=1S/C21H45NO6/c1-20(2)5-7-23-9-11-25-13-15-27-17-18-28-16-14-26-12-10-24-8-6-22-19-21(3)4/h20-22H,5-19H2,1-4H3. The van der Waals surface area contributed by atoms with E-state index in [2.05, 4.69) is 33.0 Å². The SMILES string of the molecule is CC(C)CCOCCOCCOCCOCCOCCOCCNCC(C)C. The highest BCUT2D eigenvalue weighted by Gasteiger charge is 1.96. The van der Waals surface area contributed by atoms with E-state index in [1.807, 2.05) is 0 Å². The van der Waals surface area contributed by atoms with Crippen molar-refractivity contribution in [2.75, 3.05) is 92.4 Å². The van der Waals surface area contributed by atoms with Gasteiger partial charge in [0.05, 0.1) is 72.7 Å². The van der Waals surface area contributed by atoms with Crippen molar-refractivity contribution in [2.45, 2.75) is 34.1 Å². The summed E-state index contributed by atoms with van der Waals surface area (Å²) in [4.78, 5) is 0. The third-order valence-corrected chi connectivity index (χ3v) is 3.68. The van der Waals surface area contributed by atoms with Gasteiger partial charge in [-0.1, -0.05) is 27.7 Å². The molecule has 0 aromatic carbocycles. The summed E-state index contributed by atoms with van der Waals surface area (Å²) in [5.74, 6) is 1.36. The number of ether oxygens (including phenoxy) is 6. The fourth-order valence-corrected chi connectivity index (χ4v) is 2.06. The highest BCUT2D eigenvalue weighted by Crippen LogP contribution is 1.98. The Kier molecular flexibility index (Phi) is 22.8. The lowest BCUT2D eigenvalue weighted by Crippen LogP contribution is -2.24. The molecular formula is C21H45NO6. The summed E-state index contributed by atoms with van der Waals surface area (Å²) in [5.41, 5.74) is 0. The van der Waals surface area contributed by atoms with Crippen LogP contribution < -0.4 is 5.32 Å². The van der Waals surface area contributed by atoms with Gasteiger partial charge < -0.3 is 33.7 Å². The number of hydrogen-bond acceptors (Lipinski definition) is 7. The van der Waals surface area contributed by atoms with Crippen LogP contribution in [0.5, 0.6) is 0 Å². The Hall–Kier alpha value is -0.280. The first-order valence-corrected chi connectivity index (χ1v) is 10.8. The molecule has 7 nitrogen and oxygen atoms in total. The van der Waals surface area contributed by atoms with Crippen LogP contribution in [0.1, 0.15) is 34.1 Å². The maximum atomic E-state index is 5.48. The smallest absolute Gasteiger partial charge is 0.0701 e. The molecule has 0 spiro atoms. The molecule has 0 amide bonds. The van der Waals surface area contributed by atoms with Gasteiger partial charge in [0.15, 0.2) is 0 Å². The van der Waals surface area contributed by atoms with Crippen molar-refractivity contribution in [1.29, 1.82) is 0 Å². The molecule has 0 fully saturated rings. The maximum Gasteiger partial charge on any atom is 0.0701 e. The number of rotatable bonds is 23. The number of hydrogen-bond donors (Lipinski definition) is 1. The van der Waals surface area contributed by atoms with Gasteiger partial charge in [0, 0.05) is 13.2 Å². The lowest BCUT2D eigenvalue weighted by Gasteiger charge is -2.09. The second kappa shape index (κ2) is 23.0. The van der Waals surface area contributed by atoms with E-state index in [0.717, 1.165) is 32.7 Å². The van der Waals surface area contributed by atoms with E-state index in [0.29, 0.717) is 77.9 Å². The van der Waals surface area contributed by atoms with Crippen LogP contribution in [0.2, 0.25) is 0 Å². The molecule has 0 heterocycles. The summed E-state index contributed by atoms with van der Waals surface area (Å²) in [6.45, 7) is 18.2. The average molecular weight is 408 g/mol. The molecule has 0 aliphatic carbocycles. The van der Waals surface area contributed by atoms with E-state index in [4.69, 9.17) is 28.4 Å². The summed E-state index contributed by atoms with van der Waals surface area (Å²) in [7, 11) is 0. The van der Waals surface area contributed by atoms with Crippen molar-refractivity contribution in [3.8, 4) is 0 Å². The van der Waals surface area contributed by atoms with E-state index in [1.165, 1.54) is 0 Å². The molecular weight excluding hydrogens is 362 g/mol. The monoisotopic (exact) mass is 407 g/mol. The third-order valence-electron chi connectivity index (χ3n) is 3.68. The van der Waals surface area contributed by atoms with Crippen molar-refractivity contribution in [1.82, 2.24) is 5.32 Å². The van der Waals surface area contributed by atoms with Gasteiger partial charge in [0.25, 0.3) is 0 Å². The van der Waals surface area contributed by atoms with Crippen molar-refractivity contribution in [2.24, 2.45) is 11.8 Å². The Balaban J connectivity index is 3.00. The molecule has 0 aromatic rings. The zero-order valence-corrected chi connectivity index (χ0v) is 18.7. The molecule has 7 heteroatoms. The molecule has 0 saturated heterocycles. The van der Waals surface area contributed by atoms with E-state index in [9.17, 15) is 0 Å². The molecule has 28 heavy (non-hydrogen) atoms. The zero-order valence-electron chi connectivity index (χ0n) is 18.7. The van der Waals surface area contributed by atoms with Crippen molar-refractivity contribution in [3.63, 3.8) is 0 Å². The van der Waals surface area contributed by atoms with Gasteiger partial charge in [0.1, 0.15) is 0 Å². The lowest BCUT2D eigenvalue weighted by molar-refractivity contribution is -0.0169. The molecule has 0 unspecified atom stereocenters. The van der Waals surface area contributed by atoms with Crippen LogP contribution in [0, 0.1) is 11.8 Å². The maximum absolute atomic E-state index is 5.48. The summed E-state index contributed by atoms with van der Waals surface area (Å²) >= 11 is 0. The van der Waals surface area contributed by atoms with Gasteiger partial charge in [-0.2, -0.15) is 0 Å². The van der Waals surface area contributed by atoms with E-state index < -0.39 is 0 Å². The molecule has 0 saturated carbocycles. The zero-order chi connectivity index (χ0) is 20.7. The van der Waals surface area contributed by atoms with Crippen molar-refractivity contribution in [3.05, 3.63) is 0 Å². The van der Waals surface area contributed by atoms with Gasteiger partial charge in [0.2, 0.25) is 0 Å². The Morgan fingerprint density at radius 1 is 0.464 bits per heavy atom. The van der Waals surface area contributed by atoms with Gasteiger partial charge in [-0.15, -0.1) is 0 Å². The summed E-state index contributed by atoms with van der Waals surface area (Å²) in [6, 6.07) is 0. The van der Waals surface area contributed by atoms with Crippen LogP contribution in [-0.4, -0.2) is 92.4 Å². The van der Waals surface area contributed by atoms with Gasteiger partial charge in [-0.05, 0) is 24.8 Å². The van der Waals surface area contributed by atoms with Crippen LogP contribution in [-0.2, 0) is 28.4 Å². The summed E-state index contributed by atoms with van der Waals surface area (Å²) < 4.78 is 32.7. The molecule has 0 aliphatic rings. The van der Waals surface area contributed by atoms with E-state index in [-0.39, 0.29) is 0 Å². The molecule has 0 aliphatic heterocycles. The van der Waals surface area contributed by atoms with Crippen LogP contribution in [0.25, 0.3) is 0 Å². The van der Waals surface area contributed by atoms with Crippen LogP contribution in [0.4, 0.5) is 0 Å². The first-order valence-electron chi connectivity index (χ1n) is 10.8. The minimum Gasteiger partial charge on any atom is -0.379 e. The van der Waals surface area contributed by atoms with E-state index in [1.54, 1.807) is 0 Å². The summed E-state index contributed by atoms with van der Waals surface area (Å²) in [5, 5.41) is 3.33. The second-order valence-electron chi connectivity index (χ2n) is 7.45. The predicted octanol–water partition coefficient (Wildman–Crippen LogP) is 2.38. The molecule has 0 atom stereocenters. The van der Waals surface area contributed by atoms with E-state index >= 15 is 0 Å². The van der Waals surface area contributed by atoms with Crippen molar-refractivity contribution < 1.29 is 28.4 Å². The first kappa shape index (κ1) is 27.7. The number of nitrogens with one attached hydrogen (secondary N) is 1. The Morgan fingerprint density at radius 3 is 1.18 bits per heavy atom. The third kappa shape index (κ3) is 25.7. The highest BCUT2D eigenvalue weighted by atomic mass is 16.6. The minimum absolute atomic E-state index is 0.569. The Morgan fingerprint density at radius 2 is 0.821 bits per heavy atom.